The Morgan fingerprint density at radius 3 is 2.45 bits per heavy atom. The number of hydrogen-bond donors (Lipinski definition) is 2. The molecule has 0 spiro atoms. The van der Waals surface area contributed by atoms with Crippen LogP contribution in [0.3, 0.4) is 0 Å². The van der Waals surface area contributed by atoms with Crippen LogP contribution < -0.4 is 10.0 Å². The summed E-state index contributed by atoms with van der Waals surface area (Å²) in [7, 11) is -3.82. The maximum absolute atomic E-state index is 13.0. The molecule has 0 unspecified atom stereocenters. The molecule has 2 aromatic carbocycles. The zero-order valence-corrected chi connectivity index (χ0v) is 20.2. The summed E-state index contributed by atoms with van der Waals surface area (Å²) in [6.07, 6.45) is 4.41. The molecule has 1 fully saturated rings. The second-order valence-corrected chi connectivity index (χ2v) is 10.2. The van der Waals surface area contributed by atoms with E-state index in [2.05, 4.69) is 17.0 Å². The van der Waals surface area contributed by atoms with Gasteiger partial charge in [-0.15, -0.1) is 0 Å². The summed E-state index contributed by atoms with van der Waals surface area (Å²) in [6.45, 7) is 5.66. The highest BCUT2D eigenvalue weighted by molar-refractivity contribution is 7.92. The maximum atomic E-state index is 13.0. The van der Waals surface area contributed by atoms with Crippen LogP contribution in [0.25, 0.3) is 0 Å². The summed E-state index contributed by atoms with van der Waals surface area (Å²) in [6, 6.07) is 13.2. The Bertz CT molecular complexity index is 1080. The molecule has 178 valence electrons. The largest absolute Gasteiger partial charge is 0.356 e. The standard InChI is InChI=1S/C25H33N3O4S/c1-3-4-5-14-26-24(29)20-12-15-28(16-13-20)25(30)21-9-7-11-23(18-21)33(31,32)27-22-10-6-8-19(2)17-22/h6-11,17-18,20,27H,3-5,12-16H2,1-2H3,(H,26,29). The number of aryl methyl sites for hydroxylation is 1. The van der Waals surface area contributed by atoms with Crippen molar-refractivity contribution in [1.29, 1.82) is 0 Å². The number of likely N-dealkylation sites (tertiary alicyclic amines) is 1. The second kappa shape index (κ2) is 11.3. The molecule has 0 saturated carbocycles. The number of carbonyl (C=O) groups excluding carboxylic acids is 2. The highest BCUT2D eigenvalue weighted by atomic mass is 32.2. The van der Waals surface area contributed by atoms with Crippen LogP contribution in [-0.2, 0) is 14.8 Å². The van der Waals surface area contributed by atoms with E-state index in [1.54, 1.807) is 35.2 Å². The average molecular weight is 472 g/mol. The highest BCUT2D eigenvalue weighted by Gasteiger charge is 2.28. The molecule has 0 atom stereocenters. The number of hydrogen-bond acceptors (Lipinski definition) is 4. The highest BCUT2D eigenvalue weighted by Crippen LogP contribution is 2.22. The quantitative estimate of drug-likeness (QED) is 0.541. The van der Waals surface area contributed by atoms with Crippen molar-refractivity contribution >= 4 is 27.5 Å². The summed E-state index contributed by atoms with van der Waals surface area (Å²) >= 11 is 0. The summed E-state index contributed by atoms with van der Waals surface area (Å²) < 4.78 is 28.2. The van der Waals surface area contributed by atoms with Gasteiger partial charge in [0.25, 0.3) is 15.9 Å². The van der Waals surface area contributed by atoms with Crippen molar-refractivity contribution in [2.24, 2.45) is 5.92 Å². The Labute approximate surface area is 196 Å². The first-order chi connectivity index (χ1) is 15.8. The maximum Gasteiger partial charge on any atom is 0.261 e. The van der Waals surface area contributed by atoms with Crippen molar-refractivity contribution in [2.75, 3.05) is 24.4 Å². The van der Waals surface area contributed by atoms with E-state index in [1.807, 2.05) is 13.0 Å². The number of anilines is 1. The minimum absolute atomic E-state index is 0.0381. The molecule has 0 aliphatic carbocycles. The monoisotopic (exact) mass is 471 g/mol. The lowest BCUT2D eigenvalue weighted by atomic mass is 9.95. The number of carbonyl (C=O) groups is 2. The van der Waals surface area contributed by atoms with Gasteiger partial charge in [0.2, 0.25) is 5.91 Å². The van der Waals surface area contributed by atoms with E-state index in [0.717, 1.165) is 24.8 Å². The molecular formula is C25H33N3O4S. The van der Waals surface area contributed by atoms with E-state index in [-0.39, 0.29) is 22.6 Å². The predicted octanol–water partition coefficient (Wildman–Crippen LogP) is 3.95. The number of benzene rings is 2. The first kappa shape index (κ1) is 24.8. The van der Waals surface area contributed by atoms with Gasteiger partial charge in [-0.1, -0.05) is 38.0 Å². The van der Waals surface area contributed by atoms with Gasteiger partial charge in [-0.2, -0.15) is 0 Å². The van der Waals surface area contributed by atoms with Gasteiger partial charge in [0.05, 0.1) is 4.90 Å². The van der Waals surface area contributed by atoms with Crippen LogP contribution in [0, 0.1) is 12.8 Å². The predicted molar refractivity (Wildman–Crippen MR) is 130 cm³/mol. The lowest BCUT2D eigenvalue weighted by Crippen LogP contribution is -2.43. The van der Waals surface area contributed by atoms with Crippen LogP contribution >= 0.6 is 0 Å². The van der Waals surface area contributed by atoms with E-state index in [0.29, 0.717) is 43.7 Å². The van der Waals surface area contributed by atoms with Crippen LogP contribution in [0.2, 0.25) is 0 Å². The SMILES string of the molecule is CCCCCNC(=O)C1CCN(C(=O)c2cccc(S(=O)(=O)Nc3cccc(C)c3)c2)CC1. The van der Waals surface area contributed by atoms with Crippen LogP contribution in [-0.4, -0.2) is 44.8 Å². The van der Waals surface area contributed by atoms with Gasteiger partial charge in [-0.3, -0.25) is 14.3 Å². The molecule has 1 heterocycles. The molecule has 2 N–H and O–H groups in total. The topological polar surface area (TPSA) is 95.6 Å². The molecule has 1 saturated heterocycles. The number of unbranched alkanes of at least 4 members (excludes halogenated alkanes) is 2. The van der Waals surface area contributed by atoms with Gasteiger partial charge in [-0.25, -0.2) is 8.42 Å². The molecule has 0 aromatic heterocycles. The summed E-state index contributed by atoms with van der Waals surface area (Å²) in [5, 5.41) is 2.99. The number of sulfonamides is 1. The third-order valence-electron chi connectivity index (χ3n) is 5.89. The van der Waals surface area contributed by atoms with E-state index in [9.17, 15) is 18.0 Å². The first-order valence-corrected chi connectivity index (χ1v) is 13.0. The lowest BCUT2D eigenvalue weighted by molar-refractivity contribution is -0.126. The van der Waals surface area contributed by atoms with Gasteiger partial charge < -0.3 is 10.2 Å². The summed E-state index contributed by atoms with van der Waals surface area (Å²) in [4.78, 5) is 27.1. The Hall–Kier alpha value is -2.87. The van der Waals surface area contributed by atoms with Gasteiger partial charge >= 0.3 is 0 Å². The molecule has 2 amide bonds. The van der Waals surface area contributed by atoms with Crippen molar-refractivity contribution in [3.8, 4) is 0 Å². The molecule has 0 radical (unpaired) electrons. The fraction of sp³-hybridized carbons (Fsp3) is 0.440. The lowest BCUT2D eigenvalue weighted by Gasteiger charge is -2.31. The van der Waals surface area contributed by atoms with Gasteiger partial charge in [0, 0.05) is 36.8 Å². The van der Waals surface area contributed by atoms with Gasteiger partial charge in [0.15, 0.2) is 0 Å². The zero-order valence-electron chi connectivity index (χ0n) is 19.3. The normalized spacial score (nSPS) is 14.7. The van der Waals surface area contributed by atoms with E-state index < -0.39 is 10.0 Å². The number of rotatable bonds is 9. The Morgan fingerprint density at radius 1 is 1.03 bits per heavy atom. The third-order valence-corrected chi connectivity index (χ3v) is 7.27. The Kier molecular flexibility index (Phi) is 8.49. The Morgan fingerprint density at radius 2 is 1.76 bits per heavy atom. The van der Waals surface area contributed by atoms with Gasteiger partial charge in [-0.05, 0) is 62.1 Å². The van der Waals surface area contributed by atoms with E-state index >= 15 is 0 Å². The van der Waals surface area contributed by atoms with Crippen molar-refractivity contribution in [3.05, 3.63) is 59.7 Å². The van der Waals surface area contributed by atoms with Crippen LogP contribution in [0.1, 0.15) is 54.9 Å². The first-order valence-electron chi connectivity index (χ1n) is 11.6. The smallest absolute Gasteiger partial charge is 0.261 e. The average Bonchev–Trinajstić information content (AvgIpc) is 2.81. The molecule has 1 aliphatic rings. The molecule has 33 heavy (non-hydrogen) atoms. The molecule has 1 aliphatic heterocycles. The molecule has 7 nitrogen and oxygen atoms in total. The van der Waals surface area contributed by atoms with Crippen LogP contribution in [0.15, 0.2) is 53.4 Å². The van der Waals surface area contributed by atoms with E-state index in [1.165, 1.54) is 12.1 Å². The van der Waals surface area contributed by atoms with Crippen molar-refractivity contribution in [3.63, 3.8) is 0 Å². The minimum atomic E-state index is -3.82. The Balaban J connectivity index is 1.60. The third kappa shape index (κ3) is 6.81. The molecular weight excluding hydrogens is 438 g/mol. The number of nitrogens with one attached hydrogen (secondary N) is 2. The fourth-order valence-electron chi connectivity index (χ4n) is 3.98. The number of piperidine rings is 1. The van der Waals surface area contributed by atoms with Crippen LogP contribution in [0.4, 0.5) is 5.69 Å². The van der Waals surface area contributed by atoms with Crippen LogP contribution in [0.5, 0.6) is 0 Å². The van der Waals surface area contributed by atoms with Crippen molar-refractivity contribution in [2.45, 2.75) is 50.8 Å². The molecule has 2 aromatic rings. The molecule has 3 rings (SSSR count). The van der Waals surface area contributed by atoms with Gasteiger partial charge in [0.1, 0.15) is 0 Å². The summed E-state index contributed by atoms with van der Waals surface area (Å²) in [5.41, 5.74) is 1.74. The number of nitrogens with zero attached hydrogens (tertiary/aromatic N) is 1. The van der Waals surface area contributed by atoms with Crippen molar-refractivity contribution < 1.29 is 18.0 Å². The fourth-order valence-corrected chi connectivity index (χ4v) is 5.07. The summed E-state index contributed by atoms with van der Waals surface area (Å²) in [5.74, 6) is -0.237. The van der Waals surface area contributed by atoms with Crippen molar-refractivity contribution in [1.82, 2.24) is 10.2 Å². The minimum Gasteiger partial charge on any atom is -0.356 e. The molecule has 0 bridgehead atoms. The molecule has 8 heteroatoms. The van der Waals surface area contributed by atoms with E-state index in [4.69, 9.17) is 0 Å². The second-order valence-electron chi connectivity index (χ2n) is 8.57. The zero-order chi connectivity index (χ0) is 23.8. The number of amides is 2.